The zero-order valence-electron chi connectivity index (χ0n) is 26.9. The molecule has 0 saturated carbocycles. The number of fused-ring (bicyclic) bond motifs is 1. The van der Waals surface area contributed by atoms with Gasteiger partial charge in [0, 0.05) is 44.6 Å². The summed E-state index contributed by atoms with van der Waals surface area (Å²) in [6.45, 7) is 3.31. The molecule has 0 aliphatic carbocycles. The molecular formula is C34H45N3O9S. The van der Waals surface area contributed by atoms with Gasteiger partial charge < -0.3 is 38.6 Å². The topological polar surface area (TPSA) is 127 Å². The maximum Gasteiger partial charge on any atom is 0.288 e. The lowest BCUT2D eigenvalue weighted by Gasteiger charge is -2.40. The second-order valence-corrected chi connectivity index (χ2v) is 14.3. The second kappa shape index (κ2) is 15.2. The molecule has 256 valence electrons. The number of nitrogens with zero attached hydrogens (tertiary/aromatic N) is 3. The molecule has 2 aromatic rings. The molecule has 12 nitrogen and oxygen atoms in total. The molecule has 4 heterocycles. The van der Waals surface area contributed by atoms with Crippen LogP contribution in [0, 0.1) is 0 Å². The van der Waals surface area contributed by atoms with Crippen LogP contribution in [0.5, 0.6) is 17.2 Å². The number of likely N-dealkylation sites (tertiary alicyclic amines) is 2. The van der Waals surface area contributed by atoms with Crippen molar-refractivity contribution in [3.63, 3.8) is 0 Å². The summed E-state index contributed by atoms with van der Waals surface area (Å²) in [7, 11) is -2.40. The van der Waals surface area contributed by atoms with E-state index in [0.29, 0.717) is 42.8 Å². The fourth-order valence-electron chi connectivity index (χ4n) is 6.81. The van der Waals surface area contributed by atoms with Crippen LogP contribution in [-0.2, 0) is 24.3 Å². The second-order valence-electron chi connectivity index (χ2n) is 12.3. The average molecular weight is 672 g/mol. The smallest absolute Gasteiger partial charge is 0.288 e. The Bertz CT molecular complexity index is 1500. The van der Waals surface area contributed by atoms with Crippen LogP contribution >= 0.6 is 0 Å². The predicted octanol–water partition coefficient (Wildman–Crippen LogP) is 3.31. The maximum absolute atomic E-state index is 13.8. The molecular weight excluding hydrogens is 626 g/mol. The van der Waals surface area contributed by atoms with Crippen molar-refractivity contribution in [3.8, 4) is 17.2 Å². The van der Waals surface area contributed by atoms with Crippen molar-refractivity contribution in [1.29, 1.82) is 0 Å². The Kier molecular flexibility index (Phi) is 10.9. The predicted molar refractivity (Wildman–Crippen MR) is 173 cm³/mol. The van der Waals surface area contributed by atoms with Crippen LogP contribution in [0.15, 0.2) is 59.2 Å². The lowest BCUT2D eigenvalue weighted by Crippen LogP contribution is -2.49. The molecule has 1 N–H and O–H groups in total. The number of ether oxygens (including phenoxy) is 5. The summed E-state index contributed by atoms with van der Waals surface area (Å²) in [5.74, 6) is 1.73. The number of piperidine rings is 2. The van der Waals surface area contributed by atoms with Crippen molar-refractivity contribution in [1.82, 2.24) is 14.1 Å². The SMILES string of the molecule is COc1ccc(S(=O)(=O)N(CCO)CCOC2CC(c3ccc4c(c3)OCO4)C=C(C(=O)N3CCC(N4CCCCC4)CC3)O2)cc1. The van der Waals surface area contributed by atoms with Gasteiger partial charge in [0.25, 0.3) is 5.91 Å². The van der Waals surface area contributed by atoms with Gasteiger partial charge in [0.15, 0.2) is 17.3 Å². The Morgan fingerprint density at radius 1 is 0.979 bits per heavy atom. The van der Waals surface area contributed by atoms with Crippen LogP contribution in [0.3, 0.4) is 0 Å². The number of carbonyl (C=O) groups excluding carboxylic acids is 1. The van der Waals surface area contributed by atoms with Crippen molar-refractivity contribution in [2.45, 2.75) is 61.7 Å². The molecule has 2 aromatic carbocycles. The van der Waals surface area contributed by atoms with E-state index in [-0.39, 0.29) is 55.6 Å². The minimum absolute atomic E-state index is 0.00336. The highest BCUT2D eigenvalue weighted by molar-refractivity contribution is 7.89. The summed E-state index contributed by atoms with van der Waals surface area (Å²) in [6.07, 6.45) is 7.15. The number of hydrogen-bond donors (Lipinski definition) is 1. The quantitative estimate of drug-likeness (QED) is 0.359. The van der Waals surface area contributed by atoms with Crippen molar-refractivity contribution in [3.05, 3.63) is 59.9 Å². The zero-order chi connectivity index (χ0) is 32.8. The molecule has 6 rings (SSSR count). The van der Waals surface area contributed by atoms with Gasteiger partial charge in [-0.2, -0.15) is 4.31 Å². The molecule has 4 aliphatic rings. The third kappa shape index (κ3) is 7.86. The van der Waals surface area contributed by atoms with Crippen LogP contribution in [0.4, 0.5) is 0 Å². The van der Waals surface area contributed by atoms with E-state index in [1.54, 1.807) is 12.1 Å². The number of hydrogen-bond acceptors (Lipinski definition) is 10. The summed E-state index contributed by atoms with van der Waals surface area (Å²) >= 11 is 0. The molecule has 47 heavy (non-hydrogen) atoms. The molecule has 0 radical (unpaired) electrons. The maximum atomic E-state index is 13.8. The van der Waals surface area contributed by atoms with Crippen LogP contribution in [-0.4, -0.2) is 112 Å². The summed E-state index contributed by atoms with van der Waals surface area (Å²) in [5, 5.41) is 9.65. The minimum atomic E-state index is -3.91. The van der Waals surface area contributed by atoms with Gasteiger partial charge in [-0.3, -0.25) is 4.79 Å². The summed E-state index contributed by atoms with van der Waals surface area (Å²) < 4.78 is 56.5. The highest BCUT2D eigenvalue weighted by atomic mass is 32.2. The summed E-state index contributed by atoms with van der Waals surface area (Å²) in [6, 6.07) is 12.3. The van der Waals surface area contributed by atoms with Gasteiger partial charge in [0.2, 0.25) is 23.1 Å². The molecule has 0 spiro atoms. The lowest BCUT2D eigenvalue weighted by molar-refractivity contribution is -0.153. The number of amides is 1. The fraction of sp³-hybridized carbons (Fsp3) is 0.559. The molecule has 2 unspecified atom stereocenters. The number of methoxy groups -OCH3 is 1. The summed E-state index contributed by atoms with van der Waals surface area (Å²) in [5.41, 5.74) is 0.934. The number of carbonyl (C=O) groups is 1. The number of aliphatic hydroxyl groups is 1. The highest BCUT2D eigenvalue weighted by Crippen LogP contribution is 2.39. The number of rotatable bonds is 12. The van der Waals surface area contributed by atoms with Crippen LogP contribution in [0.25, 0.3) is 0 Å². The molecule has 2 saturated heterocycles. The molecule has 0 aromatic heterocycles. The normalized spacial score (nSPS) is 22.2. The van der Waals surface area contributed by atoms with Crippen LogP contribution in [0.1, 0.15) is 50.0 Å². The highest BCUT2D eigenvalue weighted by Gasteiger charge is 2.35. The van der Waals surface area contributed by atoms with Gasteiger partial charge in [0.05, 0.1) is 25.2 Å². The van der Waals surface area contributed by atoms with E-state index in [4.69, 9.17) is 23.7 Å². The van der Waals surface area contributed by atoms with Crippen molar-refractivity contribution < 1.29 is 42.0 Å². The van der Waals surface area contributed by atoms with Crippen molar-refractivity contribution >= 4 is 15.9 Å². The molecule has 2 fully saturated rings. The molecule has 1 amide bonds. The van der Waals surface area contributed by atoms with Gasteiger partial charge >= 0.3 is 0 Å². The zero-order valence-corrected chi connectivity index (χ0v) is 27.7. The minimum Gasteiger partial charge on any atom is -0.497 e. The van der Waals surface area contributed by atoms with Gasteiger partial charge in [-0.05, 0) is 86.8 Å². The Balaban J connectivity index is 1.13. The Morgan fingerprint density at radius 3 is 2.45 bits per heavy atom. The Labute approximate surface area is 276 Å². The van der Waals surface area contributed by atoms with E-state index in [1.165, 1.54) is 42.8 Å². The van der Waals surface area contributed by atoms with E-state index in [0.717, 1.165) is 31.5 Å². The first-order valence-corrected chi connectivity index (χ1v) is 18.0. The van der Waals surface area contributed by atoms with Gasteiger partial charge in [-0.25, -0.2) is 8.42 Å². The van der Waals surface area contributed by atoms with E-state index >= 15 is 0 Å². The first kappa shape index (κ1) is 33.5. The van der Waals surface area contributed by atoms with E-state index < -0.39 is 16.3 Å². The standard InChI is InChI=1S/C34H45N3O9S/c1-42-28-6-8-29(9-7-28)47(40,41)37(17-19-38)18-20-43-33-23-26(25-5-10-30-31(21-25)45-24-44-30)22-32(46-33)34(39)36-15-11-27(12-16-36)35-13-3-2-4-14-35/h5-10,21-22,26-27,33,38H,2-4,11-20,23-24H2,1H3. The number of allylic oxidation sites excluding steroid dienone is 1. The molecule has 4 aliphatic heterocycles. The number of sulfonamides is 1. The first-order valence-electron chi connectivity index (χ1n) is 16.5. The fourth-order valence-corrected chi connectivity index (χ4v) is 8.22. The largest absolute Gasteiger partial charge is 0.497 e. The van der Waals surface area contributed by atoms with Crippen LogP contribution in [0.2, 0.25) is 0 Å². The van der Waals surface area contributed by atoms with Gasteiger partial charge in [-0.15, -0.1) is 0 Å². The molecule has 2 atom stereocenters. The van der Waals surface area contributed by atoms with Gasteiger partial charge in [-0.1, -0.05) is 12.5 Å². The molecule has 13 heteroatoms. The number of benzene rings is 2. The van der Waals surface area contributed by atoms with Gasteiger partial charge in [0.1, 0.15) is 5.75 Å². The average Bonchev–Trinajstić information content (AvgIpc) is 3.59. The third-order valence-corrected chi connectivity index (χ3v) is 11.4. The third-order valence-electron chi connectivity index (χ3n) is 9.44. The monoisotopic (exact) mass is 671 g/mol. The van der Waals surface area contributed by atoms with Crippen LogP contribution < -0.4 is 14.2 Å². The van der Waals surface area contributed by atoms with Crippen molar-refractivity contribution in [2.75, 3.05) is 66.4 Å². The Morgan fingerprint density at radius 2 is 1.72 bits per heavy atom. The lowest BCUT2D eigenvalue weighted by atomic mass is 9.92. The number of aliphatic hydroxyl groups excluding tert-OH is 1. The molecule has 0 bridgehead atoms. The first-order chi connectivity index (χ1) is 22.9. The summed E-state index contributed by atoms with van der Waals surface area (Å²) in [4.78, 5) is 18.4. The van der Waals surface area contributed by atoms with E-state index in [1.807, 2.05) is 29.2 Å². The Hall–Kier alpha value is -3.36. The van der Waals surface area contributed by atoms with E-state index in [9.17, 15) is 18.3 Å². The van der Waals surface area contributed by atoms with E-state index in [2.05, 4.69) is 4.90 Å². The van der Waals surface area contributed by atoms with Crippen molar-refractivity contribution in [2.24, 2.45) is 0 Å².